The van der Waals surface area contributed by atoms with E-state index in [9.17, 15) is 9.50 Å². The predicted octanol–water partition coefficient (Wildman–Crippen LogP) is 4.56. The molecule has 0 unspecified atom stereocenters. The first-order valence-electron chi connectivity index (χ1n) is 6.51. The van der Waals surface area contributed by atoms with Crippen LogP contribution in [0.1, 0.15) is 17.2 Å². The van der Waals surface area contributed by atoms with Crippen molar-refractivity contribution in [2.75, 3.05) is 0 Å². The first kappa shape index (κ1) is 13.9. The monoisotopic (exact) mass is 301 g/mol. The zero-order valence-electron chi connectivity index (χ0n) is 11.1. The molecule has 3 rings (SSSR count). The molecule has 2 nitrogen and oxygen atoms in total. The second-order valence-corrected chi connectivity index (χ2v) is 5.22. The number of aliphatic hydroxyl groups excluding tert-OH is 1. The van der Waals surface area contributed by atoms with Crippen LogP contribution in [0.5, 0.6) is 0 Å². The second kappa shape index (κ2) is 5.72. The fraction of sp³-hybridized carbons (Fsp3) is 0.0588. The minimum atomic E-state index is -0.817. The third-order valence-electron chi connectivity index (χ3n) is 3.41. The lowest BCUT2D eigenvalue weighted by Gasteiger charge is -2.12. The summed E-state index contributed by atoms with van der Waals surface area (Å²) in [4.78, 5) is 3.01. The van der Waals surface area contributed by atoms with Gasteiger partial charge in [0.05, 0.1) is 0 Å². The van der Waals surface area contributed by atoms with Gasteiger partial charge in [-0.05, 0) is 35.4 Å². The second-order valence-electron chi connectivity index (χ2n) is 4.79. The molecule has 1 heterocycles. The molecule has 0 spiro atoms. The molecule has 0 aliphatic carbocycles. The summed E-state index contributed by atoms with van der Waals surface area (Å²) in [6, 6.07) is 13.2. The molecular formula is C17H13ClFNO. The molecular weight excluding hydrogens is 289 g/mol. The Morgan fingerprint density at radius 2 is 1.62 bits per heavy atom. The molecule has 1 aromatic heterocycles. The summed E-state index contributed by atoms with van der Waals surface area (Å²) >= 11 is 5.89. The molecule has 0 aliphatic heterocycles. The van der Waals surface area contributed by atoms with Crippen LogP contribution < -0.4 is 0 Å². The fourth-order valence-corrected chi connectivity index (χ4v) is 2.43. The average molecular weight is 302 g/mol. The largest absolute Gasteiger partial charge is 0.384 e. The van der Waals surface area contributed by atoms with Crippen LogP contribution in [0.4, 0.5) is 4.39 Å². The Kier molecular flexibility index (Phi) is 3.78. The molecule has 0 amide bonds. The molecule has 21 heavy (non-hydrogen) atoms. The summed E-state index contributed by atoms with van der Waals surface area (Å²) in [7, 11) is 0. The Hall–Kier alpha value is -2.10. The summed E-state index contributed by atoms with van der Waals surface area (Å²) in [5.41, 5.74) is 3.23. The quantitative estimate of drug-likeness (QED) is 0.731. The van der Waals surface area contributed by atoms with Crippen LogP contribution in [0.25, 0.3) is 11.1 Å². The third-order valence-corrected chi connectivity index (χ3v) is 3.67. The van der Waals surface area contributed by atoms with Crippen LogP contribution in [0.3, 0.4) is 0 Å². The van der Waals surface area contributed by atoms with E-state index in [4.69, 9.17) is 11.6 Å². The van der Waals surface area contributed by atoms with Crippen molar-refractivity contribution in [1.82, 2.24) is 4.98 Å². The van der Waals surface area contributed by atoms with Gasteiger partial charge < -0.3 is 10.1 Å². The minimum Gasteiger partial charge on any atom is -0.384 e. The Morgan fingerprint density at radius 3 is 2.29 bits per heavy atom. The highest BCUT2D eigenvalue weighted by atomic mass is 35.5. The number of aromatic nitrogens is 1. The molecule has 0 aliphatic rings. The molecule has 106 valence electrons. The van der Waals surface area contributed by atoms with Gasteiger partial charge >= 0.3 is 0 Å². The van der Waals surface area contributed by atoms with E-state index in [0.29, 0.717) is 10.6 Å². The van der Waals surface area contributed by atoms with Gasteiger partial charge in [-0.3, -0.25) is 0 Å². The number of aromatic amines is 1. The molecule has 1 atom stereocenters. The van der Waals surface area contributed by atoms with Crippen LogP contribution in [0.15, 0.2) is 60.9 Å². The highest BCUT2D eigenvalue weighted by Gasteiger charge is 2.16. The molecule has 0 bridgehead atoms. The molecule has 0 radical (unpaired) electrons. The van der Waals surface area contributed by atoms with Crippen LogP contribution in [0, 0.1) is 5.82 Å². The lowest BCUT2D eigenvalue weighted by molar-refractivity contribution is 0.221. The van der Waals surface area contributed by atoms with E-state index in [1.54, 1.807) is 30.5 Å². The SMILES string of the molecule is O[C@H](c1ccc(F)cc1)c1c[nH]cc1-c1ccc(Cl)cc1. The molecule has 0 fully saturated rings. The number of rotatable bonds is 3. The first-order chi connectivity index (χ1) is 10.1. The molecule has 0 saturated heterocycles. The van der Waals surface area contributed by atoms with Crippen LogP contribution in [-0.4, -0.2) is 10.1 Å². The van der Waals surface area contributed by atoms with E-state index in [-0.39, 0.29) is 5.82 Å². The maximum Gasteiger partial charge on any atom is 0.123 e. The number of halogens is 2. The smallest absolute Gasteiger partial charge is 0.123 e. The summed E-state index contributed by atoms with van der Waals surface area (Å²) in [5, 5.41) is 11.2. The number of hydrogen-bond donors (Lipinski definition) is 2. The summed E-state index contributed by atoms with van der Waals surface area (Å²) in [5.74, 6) is -0.321. The van der Waals surface area contributed by atoms with Gasteiger partial charge in [0.15, 0.2) is 0 Å². The molecule has 0 saturated carbocycles. The Labute approximate surface area is 126 Å². The molecule has 3 aromatic rings. The molecule has 2 aromatic carbocycles. The molecule has 2 N–H and O–H groups in total. The zero-order chi connectivity index (χ0) is 14.8. The summed E-state index contributed by atoms with van der Waals surface area (Å²) in [6.07, 6.45) is 2.76. The van der Waals surface area contributed by atoms with Gasteiger partial charge in [-0.2, -0.15) is 0 Å². The zero-order valence-corrected chi connectivity index (χ0v) is 11.8. The lowest BCUT2D eigenvalue weighted by Crippen LogP contribution is -2.00. The van der Waals surface area contributed by atoms with E-state index >= 15 is 0 Å². The maximum absolute atomic E-state index is 13.0. The topological polar surface area (TPSA) is 36.0 Å². The van der Waals surface area contributed by atoms with Crippen molar-refractivity contribution in [2.45, 2.75) is 6.10 Å². The van der Waals surface area contributed by atoms with Gasteiger partial charge in [0, 0.05) is 28.5 Å². The molecule has 4 heteroatoms. The highest BCUT2D eigenvalue weighted by Crippen LogP contribution is 2.32. The van der Waals surface area contributed by atoms with Gasteiger partial charge in [-0.25, -0.2) is 4.39 Å². The standard InChI is InChI=1S/C17H13ClFNO/c18-13-5-1-11(2-6-13)15-9-20-10-16(15)17(21)12-3-7-14(19)8-4-12/h1-10,17,20-21H/t17-/m1/s1. The van der Waals surface area contributed by atoms with Crippen molar-refractivity contribution >= 4 is 11.6 Å². The first-order valence-corrected chi connectivity index (χ1v) is 6.89. The summed E-state index contributed by atoms with van der Waals surface area (Å²) in [6.45, 7) is 0. The van der Waals surface area contributed by atoms with Crippen LogP contribution in [-0.2, 0) is 0 Å². The van der Waals surface area contributed by atoms with E-state index in [1.165, 1.54) is 12.1 Å². The van der Waals surface area contributed by atoms with Crippen molar-refractivity contribution < 1.29 is 9.50 Å². The Morgan fingerprint density at radius 1 is 0.952 bits per heavy atom. The Bertz CT molecular complexity index is 734. The van der Waals surface area contributed by atoms with E-state index in [2.05, 4.69) is 4.98 Å². The van der Waals surface area contributed by atoms with Crippen molar-refractivity contribution in [2.24, 2.45) is 0 Å². The van der Waals surface area contributed by atoms with Crippen LogP contribution >= 0.6 is 11.6 Å². The number of benzene rings is 2. The summed E-state index contributed by atoms with van der Waals surface area (Å²) < 4.78 is 13.0. The van der Waals surface area contributed by atoms with Gasteiger partial charge in [0.2, 0.25) is 0 Å². The van der Waals surface area contributed by atoms with Gasteiger partial charge in [0.25, 0.3) is 0 Å². The van der Waals surface area contributed by atoms with Crippen molar-refractivity contribution in [3.63, 3.8) is 0 Å². The van der Waals surface area contributed by atoms with E-state index in [0.717, 1.165) is 16.7 Å². The number of hydrogen-bond acceptors (Lipinski definition) is 1. The van der Waals surface area contributed by atoms with Gasteiger partial charge in [0.1, 0.15) is 11.9 Å². The number of H-pyrrole nitrogens is 1. The number of aliphatic hydroxyl groups is 1. The normalized spacial score (nSPS) is 12.3. The Balaban J connectivity index is 1.98. The third kappa shape index (κ3) is 2.84. The minimum absolute atomic E-state index is 0.321. The van der Waals surface area contributed by atoms with Crippen molar-refractivity contribution in [1.29, 1.82) is 0 Å². The van der Waals surface area contributed by atoms with E-state index in [1.807, 2.05) is 18.3 Å². The van der Waals surface area contributed by atoms with E-state index < -0.39 is 6.10 Å². The lowest BCUT2D eigenvalue weighted by atomic mass is 9.97. The van der Waals surface area contributed by atoms with Gasteiger partial charge in [-0.15, -0.1) is 0 Å². The fourth-order valence-electron chi connectivity index (χ4n) is 2.31. The van der Waals surface area contributed by atoms with Gasteiger partial charge in [-0.1, -0.05) is 35.9 Å². The highest BCUT2D eigenvalue weighted by molar-refractivity contribution is 6.30. The maximum atomic E-state index is 13.0. The number of nitrogens with one attached hydrogen (secondary N) is 1. The van der Waals surface area contributed by atoms with Crippen molar-refractivity contribution in [3.05, 3.63) is 82.9 Å². The predicted molar refractivity (Wildman–Crippen MR) is 81.7 cm³/mol. The van der Waals surface area contributed by atoms with Crippen molar-refractivity contribution in [3.8, 4) is 11.1 Å². The van der Waals surface area contributed by atoms with Crippen LogP contribution in [0.2, 0.25) is 5.02 Å². The average Bonchev–Trinajstić information content (AvgIpc) is 2.97.